The Hall–Kier alpha value is -5.08. The third-order valence-corrected chi connectivity index (χ3v) is 14.0. The average Bonchev–Trinajstić information content (AvgIpc) is 3.95. The van der Waals surface area contributed by atoms with Crippen LogP contribution >= 0.6 is 0 Å². The molecular weight excluding hydrogens is 755 g/mol. The molecule has 1 aromatic carbocycles. The van der Waals surface area contributed by atoms with Crippen molar-refractivity contribution in [3.63, 3.8) is 0 Å². The van der Waals surface area contributed by atoms with Gasteiger partial charge in [-0.05, 0) is 113 Å². The quantitative estimate of drug-likeness (QED) is 0.178. The molecule has 3 amide bonds. The van der Waals surface area contributed by atoms with Gasteiger partial charge < -0.3 is 29.5 Å². The van der Waals surface area contributed by atoms with E-state index < -0.39 is 0 Å². The zero-order valence-corrected chi connectivity index (χ0v) is 35.4. The van der Waals surface area contributed by atoms with Gasteiger partial charge in [0.2, 0.25) is 17.8 Å². The van der Waals surface area contributed by atoms with Crippen molar-refractivity contribution in [1.29, 1.82) is 0 Å². The van der Waals surface area contributed by atoms with Crippen molar-refractivity contribution in [2.45, 2.75) is 88.6 Å². The Bertz CT molecular complexity index is 2120. The maximum Gasteiger partial charge on any atom is 0.270 e. The van der Waals surface area contributed by atoms with Gasteiger partial charge in [-0.2, -0.15) is 4.98 Å². The Morgan fingerprint density at radius 3 is 2.18 bits per heavy atom. The number of carbonyl (C=O) groups is 3. The number of piperazine rings is 1. The molecule has 9 rings (SSSR count). The fourth-order valence-electron chi connectivity index (χ4n) is 10.4. The van der Waals surface area contributed by atoms with Crippen LogP contribution in [0.15, 0.2) is 54.9 Å². The summed E-state index contributed by atoms with van der Waals surface area (Å²) in [4.78, 5) is 63.2. The van der Waals surface area contributed by atoms with Gasteiger partial charge in [0.15, 0.2) is 0 Å². The van der Waals surface area contributed by atoms with Crippen LogP contribution in [0.3, 0.4) is 0 Å². The van der Waals surface area contributed by atoms with Crippen molar-refractivity contribution in [1.82, 2.24) is 39.5 Å². The molecule has 14 nitrogen and oxygen atoms in total. The van der Waals surface area contributed by atoms with Crippen molar-refractivity contribution >= 4 is 51.9 Å². The topological polar surface area (TPSA) is 135 Å². The second-order valence-corrected chi connectivity index (χ2v) is 17.9. The summed E-state index contributed by atoms with van der Waals surface area (Å²) in [6, 6.07) is 15.5. The lowest BCUT2D eigenvalue weighted by molar-refractivity contribution is -0.134. The van der Waals surface area contributed by atoms with Crippen LogP contribution < -0.4 is 20.4 Å². The van der Waals surface area contributed by atoms with Crippen molar-refractivity contribution in [2.75, 3.05) is 88.1 Å². The van der Waals surface area contributed by atoms with E-state index in [4.69, 9.17) is 9.97 Å². The van der Waals surface area contributed by atoms with Crippen LogP contribution in [0.1, 0.15) is 98.6 Å². The second-order valence-electron chi connectivity index (χ2n) is 17.9. The first-order chi connectivity index (χ1) is 29.3. The van der Waals surface area contributed by atoms with Crippen LogP contribution in [0.5, 0.6) is 0 Å². The average molecular weight is 816 g/mol. The number of fused-ring (bicyclic) bond motifs is 1. The van der Waals surface area contributed by atoms with Gasteiger partial charge in [0.25, 0.3) is 5.91 Å². The number of rotatable bonds is 11. The number of aromatic nitrogens is 4. The number of piperidine rings is 3. The minimum absolute atomic E-state index is 0.00977. The van der Waals surface area contributed by atoms with Crippen molar-refractivity contribution < 1.29 is 14.4 Å². The van der Waals surface area contributed by atoms with Gasteiger partial charge in [-0.3, -0.25) is 24.6 Å². The first-order valence-electron chi connectivity index (χ1n) is 22.5. The van der Waals surface area contributed by atoms with Crippen LogP contribution in [0, 0.1) is 5.92 Å². The van der Waals surface area contributed by atoms with E-state index in [0.29, 0.717) is 36.3 Å². The molecule has 0 bridgehead atoms. The van der Waals surface area contributed by atoms with E-state index in [2.05, 4.69) is 70.1 Å². The van der Waals surface area contributed by atoms with Gasteiger partial charge in [0.05, 0.1) is 17.8 Å². The fraction of sp³-hybridized carbons (Fsp3) is 0.565. The van der Waals surface area contributed by atoms with E-state index in [0.717, 1.165) is 80.3 Å². The summed E-state index contributed by atoms with van der Waals surface area (Å²) in [6.07, 6.45) is 15.5. The molecule has 4 aliphatic heterocycles. The highest BCUT2D eigenvalue weighted by atomic mass is 16.2. The number of benzene rings is 1. The lowest BCUT2D eigenvalue weighted by Crippen LogP contribution is -2.53. The highest BCUT2D eigenvalue weighted by molar-refractivity contribution is 6.01. The number of imide groups is 1. The maximum atomic E-state index is 13.1. The number of nitrogens with zero attached hydrogens (tertiary/aromatic N) is 9. The molecule has 1 unspecified atom stereocenters. The summed E-state index contributed by atoms with van der Waals surface area (Å²) >= 11 is 0. The predicted octanol–water partition coefficient (Wildman–Crippen LogP) is 5.80. The minimum atomic E-state index is -0.223. The van der Waals surface area contributed by atoms with Gasteiger partial charge >= 0.3 is 0 Å². The Labute approximate surface area is 353 Å². The largest absolute Gasteiger partial charge is 0.372 e. The molecule has 7 heterocycles. The summed E-state index contributed by atoms with van der Waals surface area (Å²) in [7, 11) is 3.59. The van der Waals surface area contributed by atoms with Crippen LogP contribution in [0.2, 0.25) is 0 Å². The summed E-state index contributed by atoms with van der Waals surface area (Å²) in [5.74, 6) is 1.40. The van der Waals surface area contributed by atoms with E-state index in [9.17, 15) is 14.4 Å². The Balaban J connectivity index is 0.696. The highest BCUT2D eigenvalue weighted by Crippen LogP contribution is 2.35. The molecule has 3 aromatic heterocycles. The summed E-state index contributed by atoms with van der Waals surface area (Å²) < 4.78 is 2.14. The smallest absolute Gasteiger partial charge is 0.270 e. The van der Waals surface area contributed by atoms with E-state index in [1.54, 1.807) is 19.0 Å². The number of carbonyl (C=O) groups excluding carboxylic acids is 3. The van der Waals surface area contributed by atoms with Gasteiger partial charge in [-0.25, -0.2) is 9.97 Å². The van der Waals surface area contributed by atoms with Crippen molar-refractivity contribution in [2.24, 2.45) is 5.92 Å². The van der Waals surface area contributed by atoms with Crippen LogP contribution in [-0.4, -0.2) is 131 Å². The van der Waals surface area contributed by atoms with E-state index in [1.807, 2.05) is 24.5 Å². The zero-order chi connectivity index (χ0) is 41.2. The molecule has 4 saturated heterocycles. The third-order valence-electron chi connectivity index (χ3n) is 14.0. The number of likely N-dealkylation sites (tertiary alicyclic amines) is 1. The Morgan fingerprint density at radius 2 is 1.50 bits per heavy atom. The number of anilines is 4. The Kier molecular flexibility index (Phi) is 12.0. The number of pyridine rings is 1. The lowest BCUT2D eigenvalue weighted by atomic mass is 9.90. The standard InChI is InChI=1S/C46H61N11O3/c1-52(2)45(60)40-29-34-30-48-46(51-43(34)57(40)37-5-3-4-6-37)49-41-13-11-38(31-47-41)56-27-25-55(26-28-56)36-18-21-53(22-19-36)20-15-32-16-23-54(24-17-32)35-9-7-33(8-10-35)39-12-14-42(58)50-44(39)59/h7-11,13,29-32,36-37,39H,3-6,12,14-28H2,1-2H3,(H,50,58,59)(H,47,48,49,51). The highest BCUT2D eigenvalue weighted by Gasteiger charge is 2.31. The predicted molar refractivity (Wildman–Crippen MR) is 235 cm³/mol. The van der Waals surface area contributed by atoms with Gasteiger partial charge in [-0.15, -0.1) is 0 Å². The van der Waals surface area contributed by atoms with E-state index in [1.165, 1.54) is 70.3 Å². The number of hydrogen-bond donors (Lipinski definition) is 2. The van der Waals surface area contributed by atoms with Crippen LogP contribution in [-0.2, 0) is 9.59 Å². The van der Waals surface area contributed by atoms with Crippen LogP contribution in [0.4, 0.5) is 23.1 Å². The number of amides is 3. The monoisotopic (exact) mass is 815 g/mol. The fourth-order valence-corrected chi connectivity index (χ4v) is 10.4. The molecule has 1 atom stereocenters. The van der Waals surface area contributed by atoms with E-state index >= 15 is 0 Å². The maximum absolute atomic E-state index is 13.1. The zero-order valence-electron chi connectivity index (χ0n) is 35.4. The van der Waals surface area contributed by atoms with Crippen LogP contribution in [0.25, 0.3) is 11.0 Å². The number of nitrogens with one attached hydrogen (secondary N) is 2. The summed E-state index contributed by atoms with van der Waals surface area (Å²) in [5.41, 5.74) is 4.85. The molecule has 1 aliphatic carbocycles. The molecule has 2 N–H and O–H groups in total. The normalized spacial score (nSPS) is 21.8. The molecule has 0 radical (unpaired) electrons. The Morgan fingerprint density at radius 1 is 0.783 bits per heavy atom. The SMILES string of the molecule is CN(C)C(=O)c1cc2cnc(Nc3ccc(N4CCN(C5CCN(CCC6CCN(c7ccc(C8CCC(=O)NC8=O)cc7)CC6)CC5)CC4)cn3)nc2n1C1CCCC1. The van der Waals surface area contributed by atoms with Crippen molar-refractivity contribution in [3.8, 4) is 0 Å². The molecule has 4 aromatic rings. The van der Waals surface area contributed by atoms with E-state index in [-0.39, 0.29) is 29.7 Å². The first kappa shape index (κ1) is 40.3. The summed E-state index contributed by atoms with van der Waals surface area (Å²) in [6.45, 7) is 9.92. The molecule has 1 saturated carbocycles. The summed E-state index contributed by atoms with van der Waals surface area (Å²) in [5, 5.41) is 6.68. The molecule has 318 valence electrons. The molecule has 14 heteroatoms. The lowest BCUT2D eigenvalue weighted by Gasteiger charge is -2.43. The molecular formula is C46H61N11O3. The van der Waals surface area contributed by atoms with Gasteiger partial charge in [0, 0.05) is 89.1 Å². The minimum Gasteiger partial charge on any atom is -0.372 e. The van der Waals surface area contributed by atoms with Gasteiger partial charge in [-0.1, -0.05) is 25.0 Å². The molecule has 5 fully saturated rings. The third kappa shape index (κ3) is 8.86. The molecule has 0 spiro atoms. The number of hydrogen-bond acceptors (Lipinski definition) is 11. The van der Waals surface area contributed by atoms with Crippen molar-refractivity contribution in [3.05, 3.63) is 66.1 Å². The molecule has 5 aliphatic rings. The second kappa shape index (κ2) is 17.9. The van der Waals surface area contributed by atoms with Gasteiger partial charge in [0.1, 0.15) is 17.2 Å². The first-order valence-corrected chi connectivity index (χ1v) is 22.5. The molecule has 60 heavy (non-hydrogen) atoms.